The highest BCUT2D eigenvalue weighted by Crippen LogP contribution is 2.35. The van der Waals surface area contributed by atoms with Crippen molar-refractivity contribution < 1.29 is 0 Å². The van der Waals surface area contributed by atoms with Gasteiger partial charge in [-0.3, -0.25) is 0 Å². The second kappa shape index (κ2) is 6.06. The Balaban J connectivity index is 1.63. The van der Waals surface area contributed by atoms with Gasteiger partial charge in [0, 0.05) is 36.7 Å². The topological polar surface area (TPSA) is 32.3 Å². The lowest BCUT2D eigenvalue weighted by molar-refractivity contribution is 0.648. The van der Waals surface area contributed by atoms with Gasteiger partial charge in [-0.05, 0) is 38.5 Å². The quantitative estimate of drug-likeness (QED) is 0.708. The third-order valence-electron chi connectivity index (χ3n) is 4.82. The van der Waals surface area contributed by atoms with Gasteiger partial charge in [0.25, 0.3) is 0 Å². The second-order valence-electron chi connectivity index (χ2n) is 6.37. The molecule has 0 aliphatic carbocycles. The highest BCUT2D eigenvalue weighted by atomic mass is 32.1. The molecule has 0 spiro atoms. The maximum absolute atomic E-state index is 4.80. The van der Waals surface area contributed by atoms with Crippen LogP contribution in [0.1, 0.15) is 16.3 Å². The number of benzene rings is 1. The van der Waals surface area contributed by atoms with Crippen LogP contribution in [0.2, 0.25) is 0 Å². The van der Waals surface area contributed by atoms with Crippen molar-refractivity contribution in [1.82, 2.24) is 9.97 Å². The number of aromatic nitrogens is 2. The molecule has 4 rings (SSSR count). The summed E-state index contributed by atoms with van der Waals surface area (Å²) in [5, 5.41) is 1.25. The highest BCUT2D eigenvalue weighted by molar-refractivity contribution is 7.18. The van der Waals surface area contributed by atoms with E-state index in [0.29, 0.717) is 0 Å². The van der Waals surface area contributed by atoms with Crippen LogP contribution in [-0.4, -0.2) is 36.1 Å². The minimum absolute atomic E-state index is 0.865. The van der Waals surface area contributed by atoms with Gasteiger partial charge in [0.05, 0.1) is 5.39 Å². The van der Waals surface area contributed by atoms with Crippen LogP contribution >= 0.6 is 11.3 Å². The van der Waals surface area contributed by atoms with Gasteiger partial charge in [-0.25, -0.2) is 9.97 Å². The monoisotopic (exact) mass is 338 g/mol. The third-order valence-corrected chi connectivity index (χ3v) is 5.92. The van der Waals surface area contributed by atoms with E-state index in [1.54, 1.807) is 11.3 Å². The molecule has 1 aliphatic heterocycles. The molecule has 0 N–H and O–H groups in total. The van der Waals surface area contributed by atoms with E-state index in [4.69, 9.17) is 4.98 Å². The SMILES string of the molecule is Cc1nc(N2CCN(c3ccccc3)CC2)c2c(C)c(C)sc2n1. The number of hydrogen-bond donors (Lipinski definition) is 0. The standard InChI is InChI=1S/C19H22N4S/c1-13-14(2)24-19-17(13)18(20-15(3)21-19)23-11-9-22(10-12-23)16-7-5-4-6-8-16/h4-8H,9-12H2,1-3H3. The van der Waals surface area contributed by atoms with E-state index in [9.17, 15) is 0 Å². The lowest BCUT2D eigenvalue weighted by Gasteiger charge is -2.37. The van der Waals surface area contributed by atoms with E-state index in [2.05, 4.69) is 59.0 Å². The number of piperazine rings is 1. The fraction of sp³-hybridized carbons (Fsp3) is 0.368. The Labute approximate surface area is 146 Å². The maximum Gasteiger partial charge on any atom is 0.141 e. The molecule has 24 heavy (non-hydrogen) atoms. The first-order valence-electron chi connectivity index (χ1n) is 8.43. The Morgan fingerprint density at radius 3 is 2.25 bits per heavy atom. The van der Waals surface area contributed by atoms with Crippen molar-refractivity contribution in [3.63, 3.8) is 0 Å². The fourth-order valence-electron chi connectivity index (χ4n) is 3.38. The average molecular weight is 338 g/mol. The molecule has 4 nitrogen and oxygen atoms in total. The van der Waals surface area contributed by atoms with Crippen molar-refractivity contribution in [2.45, 2.75) is 20.8 Å². The lowest BCUT2D eigenvalue weighted by atomic mass is 10.2. The molecule has 0 bridgehead atoms. The molecule has 3 heterocycles. The van der Waals surface area contributed by atoms with Gasteiger partial charge < -0.3 is 9.80 Å². The summed E-state index contributed by atoms with van der Waals surface area (Å²) in [4.78, 5) is 16.8. The van der Waals surface area contributed by atoms with Crippen LogP contribution in [0.4, 0.5) is 11.5 Å². The summed E-state index contributed by atoms with van der Waals surface area (Å²) in [6.45, 7) is 10.4. The minimum Gasteiger partial charge on any atom is -0.368 e. The Bertz CT molecular complexity index is 864. The van der Waals surface area contributed by atoms with Gasteiger partial charge >= 0.3 is 0 Å². The fourth-order valence-corrected chi connectivity index (χ4v) is 4.45. The molecule has 5 heteroatoms. The number of thiophene rings is 1. The normalized spacial score (nSPS) is 15.3. The Kier molecular flexibility index (Phi) is 3.88. The smallest absolute Gasteiger partial charge is 0.141 e. The van der Waals surface area contributed by atoms with E-state index in [0.717, 1.165) is 42.7 Å². The van der Waals surface area contributed by atoms with Crippen LogP contribution in [0, 0.1) is 20.8 Å². The average Bonchev–Trinajstić information content (AvgIpc) is 2.89. The van der Waals surface area contributed by atoms with Crippen molar-refractivity contribution in [1.29, 1.82) is 0 Å². The minimum atomic E-state index is 0.865. The van der Waals surface area contributed by atoms with E-state index in [1.165, 1.54) is 21.5 Å². The lowest BCUT2D eigenvalue weighted by Crippen LogP contribution is -2.47. The van der Waals surface area contributed by atoms with Gasteiger partial charge in [-0.1, -0.05) is 18.2 Å². The molecule has 0 atom stereocenters. The van der Waals surface area contributed by atoms with E-state index in [-0.39, 0.29) is 0 Å². The Hall–Kier alpha value is -2.14. The van der Waals surface area contributed by atoms with Crippen molar-refractivity contribution in [2.75, 3.05) is 36.0 Å². The number of rotatable bonds is 2. The summed E-state index contributed by atoms with van der Waals surface area (Å²) in [5.74, 6) is 1.98. The van der Waals surface area contributed by atoms with Crippen molar-refractivity contribution in [3.8, 4) is 0 Å². The van der Waals surface area contributed by atoms with Crippen LogP contribution in [0.3, 0.4) is 0 Å². The summed E-state index contributed by atoms with van der Waals surface area (Å²) in [5.41, 5.74) is 2.64. The van der Waals surface area contributed by atoms with Gasteiger partial charge in [-0.2, -0.15) is 0 Å². The van der Waals surface area contributed by atoms with Crippen LogP contribution in [0.15, 0.2) is 30.3 Å². The van der Waals surface area contributed by atoms with Crippen molar-refractivity contribution in [3.05, 3.63) is 46.6 Å². The molecule has 1 aliphatic rings. The summed E-state index contributed by atoms with van der Waals surface area (Å²) in [6, 6.07) is 10.7. The number of anilines is 2. The van der Waals surface area contributed by atoms with Gasteiger partial charge in [0.2, 0.25) is 0 Å². The molecule has 0 saturated carbocycles. The Morgan fingerprint density at radius 2 is 1.54 bits per heavy atom. The van der Waals surface area contributed by atoms with Gasteiger partial charge in [0.15, 0.2) is 0 Å². The molecule has 0 amide bonds. The van der Waals surface area contributed by atoms with Crippen LogP contribution < -0.4 is 9.80 Å². The molecular weight excluding hydrogens is 316 g/mol. The number of para-hydroxylation sites is 1. The molecule has 3 aromatic rings. The van der Waals surface area contributed by atoms with Gasteiger partial charge in [-0.15, -0.1) is 11.3 Å². The zero-order chi connectivity index (χ0) is 16.7. The first-order chi connectivity index (χ1) is 11.6. The molecule has 1 aromatic carbocycles. The number of fused-ring (bicyclic) bond motifs is 1. The van der Waals surface area contributed by atoms with Crippen LogP contribution in [0.5, 0.6) is 0 Å². The molecular formula is C19H22N4S. The molecule has 2 aromatic heterocycles. The molecule has 1 fully saturated rings. The van der Waals surface area contributed by atoms with E-state index in [1.807, 2.05) is 6.92 Å². The molecule has 1 saturated heterocycles. The molecule has 124 valence electrons. The van der Waals surface area contributed by atoms with E-state index >= 15 is 0 Å². The summed E-state index contributed by atoms with van der Waals surface area (Å²) in [7, 11) is 0. The number of aryl methyl sites for hydroxylation is 3. The summed E-state index contributed by atoms with van der Waals surface area (Å²) < 4.78 is 0. The Morgan fingerprint density at radius 1 is 0.875 bits per heavy atom. The summed E-state index contributed by atoms with van der Waals surface area (Å²) >= 11 is 1.78. The zero-order valence-corrected chi connectivity index (χ0v) is 15.2. The van der Waals surface area contributed by atoms with Crippen LogP contribution in [0.25, 0.3) is 10.2 Å². The van der Waals surface area contributed by atoms with E-state index < -0.39 is 0 Å². The highest BCUT2D eigenvalue weighted by Gasteiger charge is 2.22. The molecule has 0 unspecified atom stereocenters. The number of nitrogens with zero attached hydrogens (tertiary/aromatic N) is 4. The first-order valence-corrected chi connectivity index (χ1v) is 9.24. The second-order valence-corrected chi connectivity index (χ2v) is 7.57. The third kappa shape index (κ3) is 2.63. The van der Waals surface area contributed by atoms with Gasteiger partial charge in [0.1, 0.15) is 16.5 Å². The first kappa shape index (κ1) is 15.4. The van der Waals surface area contributed by atoms with Crippen molar-refractivity contribution in [2.24, 2.45) is 0 Å². The maximum atomic E-state index is 4.80. The predicted octanol–water partition coefficient (Wildman–Crippen LogP) is 3.94. The van der Waals surface area contributed by atoms with Crippen molar-refractivity contribution >= 4 is 33.1 Å². The zero-order valence-electron chi connectivity index (χ0n) is 14.4. The van der Waals surface area contributed by atoms with Crippen LogP contribution in [-0.2, 0) is 0 Å². The largest absolute Gasteiger partial charge is 0.368 e. The number of hydrogen-bond acceptors (Lipinski definition) is 5. The summed E-state index contributed by atoms with van der Waals surface area (Å²) in [6.07, 6.45) is 0. The predicted molar refractivity (Wildman–Crippen MR) is 102 cm³/mol. The molecule has 0 radical (unpaired) electrons.